The van der Waals surface area contributed by atoms with E-state index in [1.54, 1.807) is 56.9 Å². The molecule has 2 atom stereocenters. The third-order valence-electron chi connectivity index (χ3n) is 6.18. The Bertz CT molecular complexity index is 1020. The zero-order valence-corrected chi connectivity index (χ0v) is 23.3. The second kappa shape index (κ2) is 13.8. The fraction of sp³-hybridized carbons (Fsp3) is 0.586. The summed E-state index contributed by atoms with van der Waals surface area (Å²) in [5, 5.41) is 5.51. The molecule has 1 aromatic rings. The lowest BCUT2D eigenvalue weighted by Gasteiger charge is -2.44. The molecular weight excluding hydrogens is 486 g/mol. The first-order valence-electron chi connectivity index (χ1n) is 13.2. The first kappa shape index (κ1) is 30.7. The molecule has 0 aromatic heterocycles. The van der Waals surface area contributed by atoms with E-state index in [1.807, 2.05) is 13.8 Å². The Balaban J connectivity index is 2.42. The van der Waals surface area contributed by atoms with Crippen LogP contribution in [0.2, 0.25) is 0 Å². The van der Waals surface area contributed by atoms with Crippen LogP contribution in [0.3, 0.4) is 0 Å². The van der Waals surface area contributed by atoms with Gasteiger partial charge in [-0.1, -0.05) is 31.9 Å². The molecule has 1 aromatic carbocycles. The van der Waals surface area contributed by atoms with Crippen molar-refractivity contribution in [2.75, 3.05) is 13.2 Å². The van der Waals surface area contributed by atoms with Crippen molar-refractivity contribution in [3.63, 3.8) is 0 Å². The molecule has 0 radical (unpaired) electrons. The predicted molar refractivity (Wildman–Crippen MR) is 144 cm³/mol. The number of carbonyl (C=O) groups is 4. The molecule has 208 valence electrons. The quantitative estimate of drug-likeness (QED) is 0.335. The smallest absolute Gasteiger partial charge is 0.408 e. The van der Waals surface area contributed by atoms with Crippen LogP contribution in [-0.2, 0) is 23.9 Å². The third-order valence-corrected chi connectivity index (χ3v) is 6.18. The molecular formula is C29H41N3O6. The Morgan fingerprint density at radius 1 is 1.13 bits per heavy atom. The molecule has 2 rings (SSSR count). The van der Waals surface area contributed by atoms with E-state index in [1.165, 1.54) is 0 Å². The lowest BCUT2D eigenvalue weighted by molar-refractivity contribution is -0.148. The summed E-state index contributed by atoms with van der Waals surface area (Å²) in [6.07, 6.45) is 7.21. The van der Waals surface area contributed by atoms with Gasteiger partial charge in [-0.25, -0.2) is 4.79 Å². The Kier molecular flexibility index (Phi) is 11.2. The number of esters is 1. The van der Waals surface area contributed by atoms with Crippen molar-refractivity contribution in [2.45, 2.75) is 91.0 Å². The van der Waals surface area contributed by atoms with E-state index < -0.39 is 35.7 Å². The summed E-state index contributed by atoms with van der Waals surface area (Å²) in [6.45, 7) is 10.9. The van der Waals surface area contributed by atoms with E-state index in [2.05, 4.69) is 16.6 Å². The van der Waals surface area contributed by atoms with Crippen molar-refractivity contribution in [2.24, 2.45) is 5.92 Å². The van der Waals surface area contributed by atoms with Crippen molar-refractivity contribution >= 4 is 23.9 Å². The zero-order valence-electron chi connectivity index (χ0n) is 23.3. The van der Waals surface area contributed by atoms with Gasteiger partial charge in [-0.3, -0.25) is 14.4 Å². The second-order valence-corrected chi connectivity index (χ2v) is 10.7. The van der Waals surface area contributed by atoms with Crippen LogP contribution < -0.4 is 10.6 Å². The lowest BCUT2D eigenvalue weighted by Crippen LogP contribution is -2.58. The third kappa shape index (κ3) is 8.79. The number of nitrogens with zero attached hydrogens (tertiary/aromatic N) is 1. The number of alkyl carbamates (subject to hydrolysis) is 1. The van der Waals surface area contributed by atoms with Gasteiger partial charge < -0.3 is 25.0 Å². The number of rotatable bonds is 11. The molecule has 1 aliphatic carbocycles. The van der Waals surface area contributed by atoms with Crippen LogP contribution in [0, 0.1) is 18.3 Å². The Morgan fingerprint density at radius 2 is 1.76 bits per heavy atom. The maximum absolute atomic E-state index is 14.1. The van der Waals surface area contributed by atoms with Gasteiger partial charge in [0.25, 0.3) is 0 Å². The molecule has 0 heterocycles. The summed E-state index contributed by atoms with van der Waals surface area (Å²) in [6, 6.07) is 4.82. The summed E-state index contributed by atoms with van der Waals surface area (Å²) in [5.74, 6) is 1.07. The number of terminal acetylenes is 1. The monoisotopic (exact) mass is 527 g/mol. The number of amides is 3. The minimum absolute atomic E-state index is 0.00846. The molecule has 0 saturated heterocycles. The van der Waals surface area contributed by atoms with E-state index in [-0.39, 0.29) is 37.4 Å². The van der Waals surface area contributed by atoms with Gasteiger partial charge in [-0.2, -0.15) is 0 Å². The first-order valence-corrected chi connectivity index (χ1v) is 13.2. The zero-order chi connectivity index (χ0) is 28.5. The summed E-state index contributed by atoms with van der Waals surface area (Å²) >= 11 is 0. The van der Waals surface area contributed by atoms with Crippen LogP contribution in [-0.4, -0.2) is 59.6 Å². The maximum Gasteiger partial charge on any atom is 0.408 e. The summed E-state index contributed by atoms with van der Waals surface area (Å²) in [4.78, 5) is 53.7. The molecule has 2 N–H and O–H groups in total. The van der Waals surface area contributed by atoms with E-state index in [4.69, 9.17) is 15.9 Å². The van der Waals surface area contributed by atoms with Gasteiger partial charge in [-0.15, -0.1) is 6.42 Å². The van der Waals surface area contributed by atoms with Gasteiger partial charge in [0, 0.05) is 18.2 Å². The van der Waals surface area contributed by atoms with Crippen molar-refractivity contribution in [1.29, 1.82) is 0 Å². The molecule has 1 fully saturated rings. The highest BCUT2D eigenvalue weighted by molar-refractivity contribution is 5.92. The van der Waals surface area contributed by atoms with Crippen molar-refractivity contribution < 1.29 is 28.7 Å². The molecule has 0 bridgehead atoms. The molecule has 9 nitrogen and oxygen atoms in total. The van der Waals surface area contributed by atoms with Crippen LogP contribution in [0.1, 0.15) is 84.4 Å². The molecule has 0 spiro atoms. The van der Waals surface area contributed by atoms with Crippen LogP contribution >= 0.6 is 0 Å². The average molecular weight is 528 g/mol. The maximum atomic E-state index is 14.1. The highest BCUT2D eigenvalue weighted by Gasteiger charge is 2.42. The predicted octanol–water partition coefficient (Wildman–Crippen LogP) is 3.71. The van der Waals surface area contributed by atoms with Gasteiger partial charge in [0.15, 0.2) is 0 Å². The van der Waals surface area contributed by atoms with Gasteiger partial charge in [-0.05, 0) is 70.6 Å². The summed E-state index contributed by atoms with van der Waals surface area (Å²) < 4.78 is 10.3. The first-order chi connectivity index (χ1) is 17.9. The molecule has 3 amide bonds. The van der Waals surface area contributed by atoms with E-state index in [9.17, 15) is 19.2 Å². The molecule has 0 aliphatic heterocycles. The van der Waals surface area contributed by atoms with E-state index >= 15 is 0 Å². The highest BCUT2D eigenvalue weighted by Crippen LogP contribution is 2.34. The average Bonchev–Trinajstić information content (AvgIpc) is 2.80. The minimum atomic E-state index is -0.983. The second-order valence-electron chi connectivity index (χ2n) is 10.7. The number of hydrogen-bond donors (Lipinski definition) is 2. The molecule has 1 saturated carbocycles. The Hall–Kier alpha value is -3.54. The molecule has 2 unspecified atom stereocenters. The van der Waals surface area contributed by atoms with Crippen LogP contribution in [0.15, 0.2) is 24.3 Å². The van der Waals surface area contributed by atoms with Crippen LogP contribution in [0.4, 0.5) is 4.79 Å². The fourth-order valence-electron chi connectivity index (χ4n) is 4.11. The van der Waals surface area contributed by atoms with Gasteiger partial charge in [0.1, 0.15) is 17.7 Å². The van der Waals surface area contributed by atoms with Crippen molar-refractivity contribution in [3.8, 4) is 12.3 Å². The van der Waals surface area contributed by atoms with Gasteiger partial charge >= 0.3 is 12.1 Å². The van der Waals surface area contributed by atoms with E-state index in [0.29, 0.717) is 11.1 Å². The standard InChI is InChI=1S/C29H41N3O6/c1-8-20-13-15-21(16-14-20)25(26(34)30-18-17-23(33)37-9-2)32(22-11-10-12-22)27(35)24(19(3)4)31-28(36)38-29(5,6)7/h1,13-16,19,22,24-25H,9-12,17-18H2,2-7H3,(H,30,34)(H,31,36). The highest BCUT2D eigenvalue weighted by atomic mass is 16.6. The van der Waals surface area contributed by atoms with E-state index in [0.717, 1.165) is 19.3 Å². The number of carbonyl (C=O) groups excluding carboxylic acids is 4. The largest absolute Gasteiger partial charge is 0.466 e. The SMILES string of the molecule is C#Cc1ccc(C(C(=O)NCCC(=O)OCC)N(C(=O)C(NC(=O)OC(C)(C)C)C(C)C)C2CCC2)cc1. The molecule has 9 heteroatoms. The van der Waals surface area contributed by atoms with Crippen LogP contribution in [0.5, 0.6) is 0 Å². The molecule has 1 aliphatic rings. The topological polar surface area (TPSA) is 114 Å². The Morgan fingerprint density at radius 3 is 2.24 bits per heavy atom. The number of nitrogens with one attached hydrogen (secondary N) is 2. The minimum Gasteiger partial charge on any atom is -0.466 e. The van der Waals surface area contributed by atoms with Crippen LogP contribution in [0.25, 0.3) is 0 Å². The normalized spacial score (nSPS) is 14.9. The summed E-state index contributed by atoms with van der Waals surface area (Å²) in [7, 11) is 0. The lowest BCUT2D eigenvalue weighted by atomic mass is 9.87. The number of hydrogen-bond acceptors (Lipinski definition) is 6. The van der Waals surface area contributed by atoms with Gasteiger partial charge in [0.2, 0.25) is 11.8 Å². The fourth-order valence-corrected chi connectivity index (χ4v) is 4.11. The van der Waals surface area contributed by atoms with Crippen molar-refractivity contribution in [3.05, 3.63) is 35.4 Å². The van der Waals surface area contributed by atoms with Gasteiger partial charge in [0.05, 0.1) is 13.0 Å². The summed E-state index contributed by atoms with van der Waals surface area (Å²) in [5.41, 5.74) is 0.490. The van der Waals surface area contributed by atoms with Crippen molar-refractivity contribution in [1.82, 2.24) is 15.5 Å². The Labute approximate surface area is 226 Å². The number of benzene rings is 1. The number of ether oxygens (including phenoxy) is 2. The molecule has 38 heavy (non-hydrogen) atoms.